The molecule has 2 aliphatic heterocycles. The summed E-state index contributed by atoms with van der Waals surface area (Å²) in [5.41, 5.74) is 0.136. The maximum Gasteiger partial charge on any atom is 0.416 e. The van der Waals surface area contributed by atoms with Gasteiger partial charge in [-0.15, -0.1) is 0 Å². The number of likely N-dealkylation sites (tertiary alicyclic amines) is 1. The van der Waals surface area contributed by atoms with Gasteiger partial charge in [-0.05, 0) is 67.9 Å². The Morgan fingerprint density at radius 2 is 1.93 bits per heavy atom. The van der Waals surface area contributed by atoms with E-state index in [0.29, 0.717) is 36.0 Å². The van der Waals surface area contributed by atoms with Crippen molar-refractivity contribution in [1.29, 1.82) is 0 Å². The first-order valence-corrected chi connectivity index (χ1v) is 11.4. The molecule has 4 aliphatic rings. The molecule has 4 fully saturated rings. The van der Waals surface area contributed by atoms with E-state index in [1.165, 1.54) is 18.6 Å². The number of carbonyl (C=O) groups is 1. The third kappa shape index (κ3) is 3.93. The van der Waals surface area contributed by atoms with Gasteiger partial charge in [-0.2, -0.15) is 13.2 Å². The van der Waals surface area contributed by atoms with Crippen molar-refractivity contribution in [2.24, 2.45) is 29.6 Å². The smallest absolute Gasteiger partial charge is 0.380 e. The van der Waals surface area contributed by atoms with Crippen molar-refractivity contribution in [1.82, 2.24) is 4.90 Å². The van der Waals surface area contributed by atoms with Gasteiger partial charge in [0.05, 0.1) is 12.2 Å². The van der Waals surface area contributed by atoms with Crippen molar-refractivity contribution >= 4 is 5.78 Å². The van der Waals surface area contributed by atoms with E-state index < -0.39 is 11.7 Å². The molecule has 3 nitrogen and oxygen atoms in total. The van der Waals surface area contributed by atoms with Gasteiger partial charge < -0.3 is 4.74 Å². The maximum absolute atomic E-state index is 13.1. The summed E-state index contributed by atoms with van der Waals surface area (Å²) in [7, 11) is 0. The Balaban J connectivity index is 1.11. The first-order chi connectivity index (χ1) is 14.4. The standard InChI is InChI=1S/C24H30F3NO2/c25-24(26,27)17-4-1-3-15(11-17)6-7-16-8-9-19(16)23(29)22-20-12-28(13-21(20)22)18-5-2-10-30-14-18/h1,3-4,11,16,18-22H,2,5-10,12-14H2. The summed E-state index contributed by atoms with van der Waals surface area (Å²) in [4.78, 5) is 15.6. The second-order valence-electron chi connectivity index (χ2n) is 9.76. The zero-order valence-electron chi connectivity index (χ0n) is 17.2. The molecule has 5 atom stereocenters. The number of halogens is 3. The molecule has 1 aromatic carbocycles. The average Bonchev–Trinajstić information content (AvgIpc) is 3.21. The van der Waals surface area contributed by atoms with Crippen LogP contribution in [-0.4, -0.2) is 43.0 Å². The van der Waals surface area contributed by atoms with Crippen LogP contribution in [0, 0.1) is 29.6 Å². The van der Waals surface area contributed by atoms with Crippen molar-refractivity contribution in [2.45, 2.75) is 50.7 Å². The number of aryl methyl sites for hydroxylation is 1. The first-order valence-electron chi connectivity index (χ1n) is 11.4. The number of piperidine rings is 1. The fourth-order valence-electron chi connectivity index (χ4n) is 6.08. The predicted molar refractivity (Wildman–Crippen MR) is 107 cm³/mol. The van der Waals surface area contributed by atoms with Gasteiger partial charge in [-0.3, -0.25) is 9.69 Å². The summed E-state index contributed by atoms with van der Waals surface area (Å²) in [6.45, 7) is 3.79. The highest BCUT2D eigenvalue weighted by Gasteiger charge is 2.61. The van der Waals surface area contributed by atoms with E-state index in [0.717, 1.165) is 63.6 Å². The van der Waals surface area contributed by atoms with Crippen LogP contribution in [-0.2, 0) is 22.1 Å². The number of hydrogen-bond acceptors (Lipinski definition) is 3. The molecule has 1 aromatic rings. The number of ketones is 1. The predicted octanol–water partition coefficient (Wildman–Crippen LogP) is 4.59. The van der Waals surface area contributed by atoms with Crippen LogP contribution in [0.15, 0.2) is 24.3 Å². The molecular formula is C24H30F3NO2. The second-order valence-corrected chi connectivity index (χ2v) is 9.76. The van der Waals surface area contributed by atoms with E-state index in [2.05, 4.69) is 4.90 Å². The Morgan fingerprint density at radius 3 is 2.57 bits per heavy atom. The molecule has 0 aromatic heterocycles. The third-order valence-electron chi connectivity index (χ3n) is 8.04. The molecule has 2 saturated carbocycles. The molecule has 30 heavy (non-hydrogen) atoms. The Morgan fingerprint density at radius 1 is 1.13 bits per heavy atom. The van der Waals surface area contributed by atoms with Gasteiger partial charge in [0.25, 0.3) is 0 Å². The molecule has 5 rings (SSSR count). The van der Waals surface area contributed by atoms with Crippen LogP contribution in [0.1, 0.15) is 43.2 Å². The lowest BCUT2D eigenvalue weighted by molar-refractivity contribution is -0.137. The largest absolute Gasteiger partial charge is 0.416 e. The van der Waals surface area contributed by atoms with E-state index in [9.17, 15) is 18.0 Å². The highest BCUT2D eigenvalue weighted by atomic mass is 19.4. The molecule has 2 saturated heterocycles. The summed E-state index contributed by atoms with van der Waals surface area (Å²) < 4.78 is 44.4. The number of benzene rings is 1. The summed E-state index contributed by atoms with van der Waals surface area (Å²) in [6.07, 6.45) is 1.46. The Hall–Kier alpha value is -1.40. The molecule has 5 unspecified atom stereocenters. The lowest BCUT2D eigenvalue weighted by Gasteiger charge is -2.37. The van der Waals surface area contributed by atoms with Gasteiger partial charge in [0.1, 0.15) is 5.78 Å². The highest BCUT2D eigenvalue weighted by molar-refractivity contribution is 5.87. The van der Waals surface area contributed by atoms with Gasteiger partial charge >= 0.3 is 6.18 Å². The summed E-state index contributed by atoms with van der Waals surface area (Å²) in [5, 5.41) is 0. The van der Waals surface area contributed by atoms with Crippen LogP contribution in [0.3, 0.4) is 0 Å². The van der Waals surface area contributed by atoms with Crippen LogP contribution in [0.2, 0.25) is 0 Å². The molecule has 0 amide bonds. The summed E-state index contributed by atoms with van der Waals surface area (Å²) in [6, 6.07) is 6.15. The van der Waals surface area contributed by atoms with Crippen LogP contribution >= 0.6 is 0 Å². The van der Waals surface area contributed by atoms with Crippen molar-refractivity contribution < 1.29 is 22.7 Å². The molecule has 164 valence electrons. The summed E-state index contributed by atoms with van der Waals surface area (Å²) >= 11 is 0. The molecular weight excluding hydrogens is 391 g/mol. The third-order valence-corrected chi connectivity index (χ3v) is 8.04. The van der Waals surface area contributed by atoms with Crippen LogP contribution in [0.4, 0.5) is 13.2 Å². The van der Waals surface area contributed by atoms with E-state index in [1.54, 1.807) is 6.07 Å². The number of nitrogens with zero attached hydrogens (tertiary/aromatic N) is 1. The molecule has 0 N–H and O–H groups in total. The molecule has 2 heterocycles. The fourth-order valence-corrected chi connectivity index (χ4v) is 6.08. The quantitative estimate of drug-likeness (QED) is 0.673. The molecule has 0 spiro atoms. The van der Waals surface area contributed by atoms with Gasteiger partial charge in [0.2, 0.25) is 0 Å². The van der Waals surface area contributed by atoms with Crippen LogP contribution in [0.25, 0.3) is 0 Å². The average molecular weight is 422 g/mol. The van der Waals surface area contributed by atoms with Gasteiger partial charge in [0.15, 0.2) is 0 Å². The van der Waals surface area contributed by atoms with E-state index >= 15 is 0 Å². The Labute approximate surface area is 176 Å². The van der Waals surface area contributed by atoms with Gasteiger partial charge in [-0.1, -0.05) is 18.2 Å². The lowest BCUT2D eigenvalue weighted by Crippen LogP contribution is -2.42. The number of hydrogen-bond donors (Lipinski definition) is 0. The molecule has 0 bridgehead atoms. The number of alkyl halides is 3. The number of Topliss-reactive ketones (excluding diaryl/α,β-unsaturated/α-hetero) is 1. The van der Waals surface area contributed by atoms with Gasteiger partial charge in [-0.25, -0.2) is 0 Å². The van der Waals surface area contributed by atoms with Crippen LogP contribution in [0.5, 0.6) is 0 Å². The van der Waals surface area contributed by atoms with E-state index in [1.807, 2.05) is 0 Å². The minimum atomic E-state index is -4.30. The normalized spacial score (nSPS) is 36.2. The molecule has 6 heteroatoms. The van der Waals surface area contributed by atoms with Crippen molar-refractivity contribution in [3.8, 4) is 0 Å². The summed E-state index contributed by atoms with van der Waals surface area (Å²) in [5.74, 6) is 2.24. The zero-order valence-corrected chi connectivity index (χ0v) is 17.2. The lowest BCUT2D eigenvalue weighted by atomic mass is 9.67. The zero-order chi connectivity index (χ0) is 20.9. The minimum absolute atomic E-state index is 0.137. The fraction of sp³-hybridized carbons (Fsp3) is 0.708. The number of rotatable bonds is 6. The topological polar surface area (TPSA) is 29.5 Å². The van der Waals surface area contributed by atoms with Gasteiger partial charge in [0, 0.05) is 37.6 Å². The van der Waals surface area contributed by atoms with Crippen molar-refractivity contribution in [3.63, 3.8) is 0 Å². The highest BCUT2D eigenvalue weighted by Crippen LogP contribution is 2.56. The monoisotopic (exact) mass is 421 g/mol. The van der Waals surface area contributed by atoms with Crippen molar-refractivity contribution in [3.05, 3.63) is 35.4 Å². The Bertz CT molecular complexity index is 777. The SMILES string of the molecule is O=C(C1CCC1CCc1cccc(C(F)(F)F)c1)C1C2CN(C3CCCOC3)CC21. The van der Waals surface area contributed by atoms with E-state index in [4.69, 9.17) is 4.74 Å². The number of carbonyl (C=O) groups excluding carboxylic acids is 1. The van der Waals surface area contributed by atoms with Crippen LogP contribution < -0.4 is 0 Å². The second kappa shape index (κ2) is 7.94. The minimum Gasteiger partial charge on any atom is -0.380 e. The number of fused-ring (bicyclic) bond motifs is 1. The van der Waals surface area contributed by atoms with E-state index in [-0.39, 0.29) is 11.8 Å². The van der Waals surface area contributed by atoms with Crippen molar-refractivity contribution in [2.75, 3.05) is 26.3 Å². The molecule has 0 radical (unpaired) electrons. The maximum atomic E-state index is 13.1. The molecule has 2 aliphatic carbocycles. The Kier molecular flexibility index (Phi) is 5.42. The number of ether oxygens (including phenoxy) is 1. The first kappa shape index (κ1) is 20.5.